The Morgan fingerprint density at radius 1 is 1.46 bits per heavy atom. The lowest BCUT2D eigenvalue weighted by Crippen LogP contribution is -1.86. The summed E-state index contributed by atoms with van der Waals surface area (Å²) in [6, 6.07) is 3.63. The smallest absolute Gasteiger partial charge is 0.328 e. The molecule has 68 valence electrons. The molecule has 0 spiro atoms. The zero-order chi connectivity index (χ0) is 9.84. The third kappa shape index (κ3) is 2.59. The fourth-order valence-corrected chi connectivity index (χ4v) is 0.794. The van der Waals surface area contributed by atoms with Gasteiger partial charge < -0.3 is 10.2 Å². The van der Waals surface area contributed by atoms with E-state index in [-0.39, 0.29) is 0 Å². The predicted octanol–water partition coefficient (Wildman–Crippen LogP) is 1.63. The number of aromatic hydroxyl groups is 1. The van der Waals surface area contributed by atoms with E-state index in [9.17, 15) is 9.18 Å². The highest BCUT2D eigenvalue weighted by Crippen LogP contribution is 2.16. The fraction of sp³-hybridized carbons (Fsp3) is 0. The minimum absolute atomic E-state index is 0.387. The minimum atomic E-state index is -1.10. The summed E-state index contributed by atoms with van der Waals surface area (Å²) in [6.45, 7) is 0. The molecule has 0 aliphatic carbocycles. The number of hydrogen-bond acceptors (Lipinski definition) is 2. The third-order valence-corrected chi connectivity index (χ3v) is 1.39. The number of phenols is 1. The molecule has 0 heterocycles. The molecular weight excluding hydrogens is 175 g/mol. The van der Waals surface area contributed by atoms with Crippen LogP contribution in [-0.2, 0) is 4.79 Å². The van der Waals surface area contributed by atoms with E-state index >= 15 is 0 Å². The van der Waals surface area contributed by atoms with Crippen molar-refractivity contribution < 1.29 is 19.4 Å². The lowest BCUT2D eigenvalue weighted by Gasteiger charge is -1.95. The summed E-state index contributed by atoms with van der Waals surface area (Å²) in [4.78, 5) is 10.1. The molecule has 0 bridgehead atoms. The van der Waals surface area contributed by atoms with Crippen LogP contribution in [0.15, 0.2) is 24.3 Å². The van der Waals surface area contributed by atoms with Gasteiger partial charge in [-0.25, -0.2) is 9.18 Å². The number of benzene rings is 1. The Morgan fingerprint density at radius 2 is 2.15 bits per heavy atom. The molecule has 1 aromatic carbocycles. The van der Waals surface area contributed by atoms with E-state index in [1.807, 2.05) is 0 Å². The molecule has 1 rings (SSSR count). The van der Waals surface area contributed by atoms with Crippen molar-refractivity contribution in [2.75, 3.05) is 0 Å². The van der Waals surface area contributed by atoms with E-state index in [1.54, 1.807) is 0 Å². The van der Waals surface area contributed by atoms with Crippen LogP contribution in [0, 0.1) is 5.82 Å². The molecular formula is C9H7FO3. The normalized spacial score (nSPS) is 10.5. The standard InChI is InChI=1S/C9H7FO3/c10-7-5-6(1-3-8(7)11)2-4-9(12)13/h1-5,11H,(H,12,13). The van der Waals surface area contributed by atoms with Crippen molar-refractivity contribution in [2.45, 2.75) is 0 Å². The first-order chi connectivity index (χ1) is 6.09. The van der Waals surface area contributed by atoms with E-state index in [2.05, 4.69) is 0 Å². The Labute approximate surface area is 73.8 Å². The van der Waals surface area contributed by atoms with Crippen molar-refractivity contribution in [1.29, 1.82) is 0 Å². The Kier molecular flexibility index (Phi) is 2.64. The highest BCUT2D eigenvalue weighted by molar-refractivity contribution is 5.85. The Morgan fingerprint density at radius 3 is 2.69 bits per heavy atom. The quantitative estimate of drug-likeness (QED) is 0.683. The molecule has 0 aromatic heterocycles. The van der Waals surface area contributed by atoms with Crippen LogP contribution < -0.4 is 0 Å². The first kappa shape index (κ1) is 9.25. The number of carbonyl (C=O) groups is 1. The first-order valence-corrected chi connectivity index (χ1v) is 3.49. The maximum Gasteiger partial charge on any atom is 0.328 e. The molecule has 0 amide bonds. The summed E-state index contributed by atoms with van der Waals surface area (Å²) in [5.41, 5.74) is 0.387. The van der Waals surface area contributed by atoms with Crippen molar-refractivity contribution >= 4 is 12.0 Å². The molecule has 0 fully saturated rings. The number of aliphatic carboxylic acids is 1. The Bertz CT molecular complexity index is 358. The number of hydrogen-bond donors (Lipinski definition) is 2. The van der Waals surface area contributed by atoms with Gasteiger partial charge in [-0.15, -0.1) is 0 Å². The van der Waals surface area contributed by atoms with Gasteiger partial charge in [0.05, 0.1) is 0 Å². The monoisotopic (exact) mass is 182 g/mol. The van der Waals surface area contributed by atoms with Gasteiger partial charge in [-0.05, 0) is 23.8 Å². The maximum atomic E-state index is 12.7. The van der Waals surface area contributed by atoms with E-state index in [1.165, 1.54) is 12.1 Å². The van der Waals surface area contributed by atoms with Crippen LogP contribution in [0.1, 0.15) is 5.56 Å². The topological polar surface area (TPSA) is 57.5 Å². The zero-order valence-electron chi connectivity index (χ0n) is 6.57. The predicted molar refractivity (Wildman–Crippen MR) is 44.7 cm³/mol. The number of phenolic OH excluding ortho intramolecular Hbond substituents is 1. The number of halogens is 1. The second-order valence-corrected chi connectivity index (χ2v) is 2.38. The summed E-state index contributed by atoms with van der Waals surface area (Å²) in [5, 5.41) is 17.1. The van der Waals surface area contributed by atoms with Crippen LogP contribution in [0.5, 0.6) is 5.75 Å². The number of carboxylic acids is 1. The molecule has 0 saturated heterocycles. The molecule has 13 heavy (non-hydrogen) atoms. The molecule has 0 atom stereocenters. The number of carboxylic acid groups (broad SMARTS) is 1. The highest BCUT2D eigenvalue weighted by Gasteiger charge is 1.98. The molecule has 2 N–H and O–H groups in total. The summed E-state index contributed by atoms with van der Waals surface area (Å²) < 4.78 is 12.7. The second-order valence-electron chi connectivity index (χ2n) is 2.38. The van der Waals surface area contributed by atoms with Crippen LogP contribution in [0.2, 0.25) is 0 Å². The molecule has 4 heteroatoms. The molecule has 0 aliphatic heterocycles. The van der Waals surface area contributed by atoms with Gasteiger partial charge in [0.2, 0.25) is 0 Å². The lowest BCUT2D eigenvalue weighted by molar-refractivity contribution is -0.131. The van der Waals surface area contributed by atoms with E-state index in [4.69, 9.17) is 10.2 Å². The van der Waals surface area contributed by atoms with Gasteiger partial charge in [0, 0.05) is 6.08 Å². The van der Waals surface area contributed by atoms with Gasteiger partial charge in [0.25, 0.3) is 0 Å². The average Bonchev–Trinajstić information content (AvgIpc) is 2.07. The van der Waals surface area contributed by atoms with Gasteiger partial charge in [-0.1, -0.05) is 6.07 Å². The van der Waals surface area contributed by atoms with Gasteiger partial charge in [0.1, 0.15) is 0 Å². The van der Waals surface area contributed by atoms with Gasteiger partial charge in [0.15, 0.2) is 11.6 Å². The minimum Gasteiger partial charge on any atom is -0.505 e. The molecule has 0 aliphatic rings. The largest absolute Gasteiger partial charge is 0.505 e. The first-order valence-electron chi connectivity index (χ1n) is 3.49. The van der Waals surface area contributed by atoms with Crippen LogP contribution >= 0.6 is 0 Å². The highest BCUT2D eigenvalue weighted by atomic mass is 19.1. The van der Waals surface area contributed by atoms with Crippen LogP contribution in [0.25, 0.3) is 6.08 Å². The summed E-state index contributed by atoms with van der Waals surface area (Å²) in [6.07, 6.45) is 2.14. The maximum absolute atomic E-state index is 12.7. The third-order valence-electron chi connectivity index (χ3n) is 1.39. The summed E-state index contributed by atoms with van der Waals surface area (Å²) in [7, 11) is 0. The van der Waals surface area contributed by atoms with Gasteiger partial charge in [-0.3, -0.25) is 0 Å². The van der Waals surface area contributed by atoms with Crippen LogP contribution in [0.4, 0.5) is 4.39 Å². The Hall–Kier alpha value is -1.84. The molecule has 0 unspecified atom stereocenters. The second kappa shape index (κ2) is 3.71. The van der Waals surface area contributed by atoms with Crippen molar-refractivity contribution in [3.63, 3.8) is 0 Å². The van der Waals surface area contributed by atoms with Gasteiger partial charge >= 0.3 is 5.97 Å². The van der Waals surface area contributed by atoms with Gasteiger partial charge in [-0.2, -0.15) is 0 Å². The lowest BCUT2D eigenvalue weighted by atomic mass is 10.2. The molecule has 0 radical (unpaired) electrons. The number of rotatable bonds is 2. The molecule has 0 saturated carbocycles. The van der Waals surface area contributed by atoms with Crippen molar-refractivity contribution in [3.05, 3.63) is 35.7 Å². The summed E-state index contributed by atoms with van der Waals surface area (Å²) >= 11 is 0. The van der Waals surface area contributed by atoms with Crippen LogP contribution in [-0.4, -0.2) is 16.2 Å². The van der Waals surface area contributed by atoms with E-state index in [0.717, 1.165) is 18.2 Å². The van der Waals surface area contributed by atoms with Crippen molar-refractivity contribution in [2.24, 2.45) is 0 Å². The molecule has 3 nitrogen and oxygen atoms in total. The van der Waals surface area contributed by atoms with Crippen molar-refractivity contribution in [1.82, 2.24) is 0 Å². The van der Waals surface area contributed by atoms with Crippen LogP contribution in [0.3, 0.4) is 0 Å². The van der Waals surface area contributed by atoms with E-state index in [0.29, 0.717) is 5.56 Å². The van der Waals surface area contributed by atoms with Crippen molar-refractivity contribution in [3.8, 4) is 5.75 Å². The van der Waals surface area contributed by atoms with E-state index < -0.39 is 17.5 Å². The fourth-order valence-electron chi connectivity index (χ4n) is 0.794. The average molecular weight is 182 g/mol. The zero-order valence-corrected chi connectivity index (χ0v) is 6.57. The SMILES string of the molecule is O=C(O)C=Cc1ccc(O)c(F)c1. The summed E-state index contributed by atoms with van der Waals surface area (Å²) in [5.74, 6) is -2.33. The molecule has 1 aromatic rings. The Balaban J connectivity index is 2.92.